The van der Waals surface area contributed by atoms with Gasteiger partial charge in [0.1, 0.15) is 0 Å². The standard InChI is InChI=1S/2C5H11NO2/c2*1-4(2-3-6)5(7)8/h2*4H,2-3,6H2,1H3,(H,7,8). The predicted molar refractivity (Wildman–Crippen MR) is 60.9 cm³/mol. The zero-order valence-corrected chi connectivity index (χ0v) is 9.85. The zero-order valence-electron chi connectivity index (χ0n) is 9.85. The molecule has 6 N–H and O–H groups in total. The molecule has 6 heteroatoms. The van der Waals surface area contributed by atoms with Crippen molar-refractivity contribution < 1.29 is 19.8 Å². The third-order valence-corrected chi connectivity index (χ3v) is 2.04. The maximum Gasteiger partial charge on any atom is 0.306 e. The normalized spacial score (nSPS) is 13.2. The van der Waals surface area contributed by atoms with Crippen LogP contribution in [-0.2, 0) is 9.59 Å². The molecule has 0 amide bonds. The van der Waals surface area contributed by atoms with Crippen molar-refractivity contribution in [3.05, 3.63) is 0 Å². The van der Waals surface area contributed by atoms with Gasteiger partial charge in [-0.2, -0.15) is 0 Å². The number of aliphatic carboxylic acids is 2. The molecule has 16 heavy (non-hydrogen) atoms. The Bertz CT molecular complexity index is 187. The van der Waals surface area contributed by atoms with Gasteiger partial charge in [0.05, 0.1) is 11.8 Å². The van der Waals surface area contributed by atoms with Crippen LogP contribution < -0.4 is 11.5 Å². The quantitative estimate of drug-likeness (QED) is 0.516. The SMILES string of the molecule is CC(CCN)C(=O)O.CC(CCN)C(=O)O. The molecule has 0 aliphatic heterocycles. The highest BCUT2D eigenvalue weighted by atomic mass is 16.4. The van der Waals surface area contributed by atoms with E-state index < -0.39 is 11.9 Å². The van der Waals surface area contributed by atoms with Gasteiger partial charge in [0.2, 0.25) is 0 Å². The summed E-state index contributed by atoms with van der Waals surface area (Å²) >= 11 is 0. The van der Waals surface area contributed by atoms with Gasteiger partial charge in [0.15, 0.2) is 0 Å². The van der Waals surface area contributed by atoms with Gasteiger partial charge in [-0.15, -0.1) is 0 Å². The van der Waals surface area contributed by atoms with Crippen LogP contribution in [0.15, 0.2) is 0 Å². The number of hydrogen-bond acceptors (Lipinski definition) is 4. The second kappa shape index (κ2) is 10.4. The molecule has 0 heterocycles. The third-order valence-electron chi connectivity index (χ3n) is 2.04. The van der Waals surface area contributed by atoms with Gasteiger partial charge in [0, 0.05) is 0 Å². The molecule has 0 aromatic carbocycles. The van der Waals surface area contributed by atoms with Crippen molar-refractivity contribution in [2.45, 2.75) is 26.7 Å². The monoisotopic (exact) mass is 234 g/mol. The van der Waals surface area contributed by atoms with Gasteiger partial charge in [-0.05, 0) is 25.9 Å². The first-order valence-electron chi connectivity index (χ1n) is 5.22. The molecule has 0 aromatic rings. The molecule has 0 aliphatic carbocycles. The Kier molecular flexibility index (Phi) is 11.2. The smallest absolute Gasteiger partial charge is 0.306 e. The molecular formula is C10H22N2O4. The summed E-state index contributed by atoms with van der Waals surface area (Å²) in [6, 6.07) is 0. The van der Waals surface area contributed by atoms with E-state index in [1.54, 1.807) is 13.8 Å². The summed E-state index contributed by atoms with van der Waals surface area (Å²) < 4.78 is 0. The lowest BCUT2D eigenvalue weighted by atomic mass is 10.1. The number of hydrogen-bond donors (Lipinski definition) is 4. The van der Waals surface area contributed by atoms with Crippen molar-refractivity contribution in [1.29, 1.82) is 0 Å². The van der Waals surface area contributed by atoms with Crippen LogP contribution in [0.25, 0.3) is 0 Å². The Morgan fingerprint density at radius 2 is 1.19 bits per heavy atom. The molecule has 0 aliphatic rings. The largest absolute Gasteiger partial charge is 0.481 e. The fourth-order valence-electron chi connectivity index (χ4n) is 0.747. The van der Waals surface area contributed by atoms with Crippen molar-refractivity contribution in [3.8, 4) is 0 Å². The molecule has 0 radical (unpaired) electrons. The number of carbonyl (C=O) groups is 2. The van der Waals surface area contributed by atoms with E-state index in [2.05, 4.69) is 0 Å². The van der Waals surface area contributed by atoms with Crippen LogP contribution in [0.3, 0.4) is 0 Å². The van der Waals surface area contributed by atoms with E-state index >= 15 is 0 Å². The molecule has 0 rings (SSSR count). The summed E-state index contributed by atoms with van der Waals surface area (Å²) in [6.45, 7) is 4.20. The minimum atomic E-state index is -0.768. The van der Waals surface area contributed by atoms with Crippen LogP contribution in [0, 0.1) is 11.8 Å². The third kappa shape index (κ3) is 10.9. The molecule has 2 unspecified atom stereocenters. The summed E-state index contributed by atoms with van der Waals surface area (Å²) in [5.74, 6) is -2.12. The first-order chi connectivity index (χ1) is 7.36. The predicted octanol–water partition coefficient (Wildman–Crippen LogP) is 0.112. The Labute approximate surface area is 95.6 Å². The van der Waals surface area contributed by atoms with Gasteiger partial charge < -0.3 is 21.7 Å². The fourth-order valence-corrected chi connectivity index (χ4v) is 0.747. The summed E-state index contributed by atoms with van der Waals surface area (Å²) in [7, 11) is 0. The van der Waals surface area contributed by atoms with Crippen LogP contribution in [0.1, 0.15) is 26.7 Å². The first-order valence-corrected chi connectivity index (χ1v) is 5.22. The average Bonchev–Trinajstić information content (AvgIpc) is 2.19. The number of carboxylic acid groups (broad SMARTS) is 2. The van der Waals surface area contributed by atoms with Gasteiger partial charge >= 0.3 is 11.9 Å². The minimum absolute atomic E-state index is 0.292. The maximum atomic E-state index is 10.0. The molecule has 0 saturated carbocycles. The van der Waals surface area contributed by atoms with Gasteiger partial charge in [-0.3, -0.25) is 9.59 Å². The van der Waals surface area contributed by atoms with Crippen LogP contribution in [0.2, 0.25) is 0 Å². The van der Waals surface area contributed by atoms with Gasteiger partial charge in [-0.25, -0.2) is 0 Å². The second-order valence-electron chi connectivity index (χ2n) is 3.63. The fraction of sp³-hybridized carbons (Fsp3) is 0.800. The highest BCUT2D eigenvalue weighted by Crippen LogP contribution is 1.98. The topological polar surface area (TPSA) is 127 Å². The molecule has 0 fully saturated rings. The Morgan fingerprint density at radius 1 is 0.938 bits per heavy atom. The van der Waals surface area contributed by atoms with E-state index in [0.29, 0.717) is 25.9 Å². The molecular weight excluding hydrogens is 212 g/mol. The summed E-state index contributed by atoms with van der Waals surface area (Å²) in [5.41, 5.74) is 10.2. The van der Waals surface area contributed by atoms with Gasteiger partial charge in [0.25, 0.3) is 0 Å². The van der Waals surface area contributed by atoms with E-state index in [1.807, 2.05) is 0 Å². The van der Waals surface area contributed by atoms with E-state index in [0.717, 1.165) is 0 Å². The van der Waals surface area contributed by atoms with Crippen molar-refractivity contribution in [2.75, 3.05) is 13.1 Å². The summed E-state index contributed by atoms with van der Waals surface area (Å²) in [5, 5.41) is 16.5. The molecule has 0 aromatic heterocycles. The second-order valence-corrected chi connectivity index (χ2v) is 3.63. The molecule has 0 saturated heterocycles. The number of rotatable bonds is 6. The Hall–Kier alpha value is -1.14. The minimum Gasteiger partial charge on any atom is -0.481 e. The van der Waals surface area contributed by atoms with Crippen molar-refractivity contribution in [3.63, 3.8) is 0 Å². The van der Waals surface area contributed by atoms with Crippen LogP contribution in [0.5, 0.6) is 0 Å². The van der Waals surface area contributed by atoms with E-state index in [1.165, 1.54) is 0 Å². The lowest BCUT2D eigenvalue weighted by Crippen LogP contribution is -2.14. The van der Waals surface area contributed by atoms with Crippen LogP contribution >= 0.6 is 0 Å². The van der Waals surface area contributed by atoms with Crippen LogP contribution in [-0.4, -0.2) is 35.2 Å². The summed E-state index contributed by atoms with van der Waals surface area (Å²) in [6.07, 6.45) is 1.13. The van der Waals surface area contributed by atoms with Crippen molar-refractivity contribution >= 4 is 11.9 Å². The average molecular weight is 234 g/mol. The van der Waals surface area contributed by atoms with E-state index in [4.69, 9.17) is 21.7 Å². The van der Waals surface area contributed by atoms with Crippen LogP contribution in [0.4, 0.5) is 0 Å². The highest BCUT2D eigenvalue weighted by Gasteiger charge is 2.08. The summed E-state index contributed by atoms with van der Waals surface area (Å²) in [4.78, 5) is 20.1. The van der Waals surface area contributed by atoms with Crippen molar-refractivity contribution in [1.82, 2.24) is 0 Å². The first kappa shape index (κ1) is 17.3. The lowest BCUT2D eigenvalue weighted by molar-refractivity contribution is -0.142. The van der Waals surface area contributed by atoms with E-state index in [-0.39, 0.29) is 11.8 Å². The lowest BCUT2D eigenvalue weighted by Gasteiger charge is -2.00. The molecule has 0 spiro atoms. The number of carboxylic acids is 2. The Morgan fingerprint density at radius 3 is 1.25 bits per heavy atom. The van der Waals surface area contributed by atoms with Gasteiger partial charge in [-0.1, -0.05) is 13.8 Å². The zero-order chi connectivity index (χ0) is 13.1. The highest BCUT2D eigenvalue weighted by molar-refractivity contribution is 5.69. The maximum absolute atomic E-state index is 10.0. The molecule has 2 atom stereocenters. The molecule has 96 valence electrons. The Balaban J connectivity index is 0. The number of nitrogens with two attached hydrogens (primary N) is 2. The van der Waals surface area contributed by atoms with E-state index in [9.17, 15) is 9.59 Å². The molecule has 0 bridgehead atoms. The van der Waals surface area contributed by atoms with Crippen molar-refractivity contribution in [2.24, 2.45) is 23.3 Å². The molecule has 6 nitrogen and oxygen atoms in total.